The number of hydrogen-bond acceptors (Lipinski definition) is 0. The van der Waals surface area contributed by atoms with Gasteiger partial charge in [0.15, 0.2) is 0 Å². The molecule has 0 atom stereocenters. The van der Waals surface area contributed by atoms with Crippen LogP contribution in [-0.4, -0.2) is 0 Å². The summed E-state index contributed by atoms with van der Waals surface area (Å²) in [7, 11) is 0. The first kappa shape index (κ1) is 12.6. The summed E-state index contributed by atoms with van der Waals surface area (Å²) in [5.74, 6) is 0. The Morgan fingerprint density at radius 1 is 1.00 bits per heavy atom. The van der Waals surface area contributed by atoms with Crippen molar-refractivity contribution in [2.45, 2.75) is 27.2 Å². The van der Waals surface area contributed by atoms with E-state index >= 15 is 0 Å². The summed E-state index contributed by atoms with van der Waals surface area (Å²) in [6, 6.07) is 8.60. The van der Waals surface area contributed by atoms with Gasteiger partial charge in [0.25, 0.3) is 0 Å². The van der Waals surface area contributed by atoms with E-state index in [4.69, 9.17) is 0 Å². The van der Waals surface area contributed by atoms with Gasteiger partial charge < -0.3 is 0 Å². The maximum absolute atomic E-state index is 2.28. The molecule has 0 amide bonds. The van der Waals surface area contributed by atoms with E-state index in [1.807, 2.05) is 0 Å². The lowest BCUT2D eigenvalue weighted by Gasteiger charge is -2.08. The minimum absolute atomic E-state index is 1.05. The molecule has 1 aliphatic carbocycles. The Kier molecular flexibility index (Phi) is 3.99. The normalized spacial score (nSPS) is 15.1. The predicted molar refractivity (Wildman–Crippen MR) is 80.4 cm³/mol. The first-order valence-corrected chi connectivity index (χ1v) is 6.44. The molecule has 2 rings (SSSR count). The number of hydrogen-bond donors (Lipinski definition) is 0. The number of allylic oxidation sites excluding steroid dienone is 7. The Morgan fingerprint density at radius 3 is 2.28 bits per heavy atom. The highest BCUT2D eigenvalue weighted by Gasteiger charge is 1.99. The third-order valence-electron chi connectivity index (χ3n) is 3.22. The van der Waals surface area contributed by atoms with Gasteiger partial charge >= 0.3 is 0 Å². The van der Waals surface area contributed by atoms with E-state index in [1.165, 1.54) is 27.8 Å². The lowest BCUT2D eigenvalue weighted by molar-refractivity contribution is 1.17. The van der Waals surface area contributed by atoms with Crippen molar-refractivity contribution in [2.24, 2.45) is 0 Å². The van der Waals surface area contributed by atoms with Gasteiger partial charge in [0, 0.05) is 0 Å². The van der Waals surface area contributed by atoms with Gasteiger partial charge in [0.2, 0.25) is 0 Å². The maximum Gasteiger partial charge on any atom is -0.00891 e. The largest absolute Gasteiger partial charge is 0.0729 e. The van der Waals surface area contributed by atoms with Crippen LogP contribution in [0.3, 0.4) is 0 Å². The van der Waals surface area contributed by atoms with Crippen LogP contribution in [0.1, 0.15) is 31.4 Å². The molecular weight excluding hydrogens is 216 g/mol. The van der Waals surface area contributed by atoms with Crippen molar-refractivity contribution in [1.82, 2.24) is 0 Å². The van der Waals surface area contributed by atoms with Crippen LogP contribution in [0.5, 0.6) is 0 Å². The molecule has 0 aliphatic heterocycles. The fourth-order valence-corrected chi connectivity index (χ4v) is 1.93. The van der Waals surface area contributed by atoms with Gasteiger partial charge in [-0.1, -0.05) is 65.8 Å². The monoisotopic (exact) mass is 236 g/mol. The first-order chi connectivity index (χ1) is 8.65. The molecule has 0 radical (unpaired) electrons. The van der Waals surface area contributed by atoms with Crippen molar-refractivity contribution < 1.29 is 0 Å². The molecule has 0 spiro atoms. The number of aryl methyl sites for hydroxylation is 1. The lowest BCUT2D eigenvalue weighted by Crippen LogP contribution is -1.88. The van der Waals surface area contributed by atoms with Crippen LogP contribution < -0.4 is 0 Å². The average Bonchev–Trinajstić information content (AvgIpc) is 2.38. The van der Waals surface area contributed by atoms with Gasteiger partial charge in [0.05, 0.1) is 0 Å². The van der Waals surface area contributed by atoms with E-state index in [1.54, 1.807) is 0 Å². The van der Waals surface area contributed by atoms with E-state index in [0.717, 1.165) is 6.42 Å². The Labute approximate surface area is 110 Å². The molecule has 0 bridgehead atoms. The molecule has 1 aromatic carbocycles. The van der Waals surface area contributed by atoms with Crippen LogP contribution in [0.4, 0.5) is 0 Å². The quantitative estimate of drug-likeness (QED) is 0.659. The molecule has 1 aliphatic rings. The molecule has 0 heterocycles. The van der Waals surface area contributed by atoms with Crippen LogP contribution in [0, 0.1) is 6.92 Å². The van der Waals surface area contributed by atoms with E-state index in [-0.39, 0.29) is 0 Å². The number of benzene rings is 1. The molecule has 0 N–H and O–H groups in total. The van der Waals surface area contributed by atoms with Gasteiger partial charge in [0.1, 0.15) is 0 Å². The smallest absolute Gasteiger partial charge is 0.00891 e. The fourth-order valence-electron chi connectivity index (χ4n) is 1.93. The van der Waals surface area contributed by atoms with Crippen molar-refractivity contribution in [1.29, 1.82) is 0 Å². The Hall–Kier alpha value is -1.82. The second-order valence-corrected chi connectivity index (χ2v) is 5.01. The van der Waals surface area contributed by atoms with Crippen LogP contribution in [0.25, 0.3) is 6.08 Å². The highest BCUT2D eigenvalue weighted by molar-refractivity contribution is 5.56. The molecule has 0 fully saturated rings. The van der Waals surface area contributed by atoms with Gasteiger partial charge in [-0.15, -0.1) is 0 Å². The van der Waals surface area contributed by atoms with E-state index in [2.05, 4.69) is 75.4 Å². The summed E-state index contributed by atoms with van der Waals surface area (Å²) < 4.78 is 0. The Bertz CT molecular complexity index is 530. The summed E-state index contributed by atoms with van der Waals surface area (Å²) >= 11 is 0. The average molecular weight is 236 g/mol. The molecule has 0 aromatic heterocycles. The SMILES string of the molecule is CC(C)=C1C=CC(/C=C/c2ccc(C)cc2)=CC1. The highest BCUT2D eigenvalue weighted by atomic mass is 14.1. The van der Waals surface area contributed by atoms with Gasteiger partial charge in [-0.25, -0.2) is 0 Å². The summed E-state index contributed by atoms with van der Waals surface area (Å²) in [5, 5.41) is 0. The molecule has 1 aromatic rings. The zero-order valence-electron chi connectivity index (χ0n) is 11.4. The van der Waals surface area contributed by atoms with Crippen molar-refractivity contribution in [3.63, 3.8) is 0 Å². The minimum atomic E-state index is 1.05. The molecular formula is C18H20. The summed E-state index contributed by atoms with van der Waals surface area (Å²) in [6.07, 6.45) is 12.1. The van der Waals surface area contributed by atoms with Gasteiger partial charge in [-0.3, -0.25) is 0 Å². The van der Waals surface area contributed by atoms with Crippen LogP contribution in [-0.2, 0) is 0 Å². The van der Waals surface area contributed by atoms with Crippen LogP contribution >= 0.6 is 0 Å². The summed E-state index contributed by atoms with van der Waals surface area (Å²) in [6.45, 7) is 6.45. The third-order valence-corrected chi connectivity index (χ3v) is 3.22. The highest BCUT2D eigenvalue weighted by Crippen LogP contribution is 2.20. The third kappa shape index (κ3) is 3.33. The molecule has 0 heteroatoms. The summed E-state index contributed by atoms with van der Waals surface area (Å²) in [5.41, 5.74) is 6.69. The second kappa shape index (κ2) is 5.68. The van der Waals surface area contributed by atoms with Crippen LogP contribution in [0.2, 0.25) is 0 Å². The van der Waals surface area contributed by atoms with Gasteiger partial charge in [-0.2, -0.15) is 0 Å². The van der Waals surface area contributed by atoms with Crippen molar-refractivity contribution in [3.8, 4) is 0 Å². The molecule has 0 saturated heterocycles. The zero-order valence-corrected chi connectivity index (χ0v) is 11.4. The Morgan fingerprint density at radius 2 is 1.72 bits per heavy atom. The minimum Gasteiger partial charge on any atom is -0.0729 e. The van der Waals surface area contributed by atoms with Crippen molar-refractivity contribution >= 4 is 6.08 Å². The predicted octanol–water partition coefficient (Wildman–Crippen LogP) is 5.23. The molecule has 0 saturated carbocycles. The Balaban J connectivity index is 2.06. The topological polar surface area (TPSA) is 0 Å². The van der Waals surface area contributed by atoms with Gasteiger partial charge in [-0.05, 0) is 43.9 Å². The summed E-state index contributed by atoms with van der Waals surface area (Å²) in [4.78, 5) is 0. The second-order valence-electron chi connectivity index (χ2n) is 5.01. The van der Waals surface area contributed by atoms with E-state index in [9.17, 15) is 0 Å². The molecule has 0 nitrogen and oxygen atoms in total. The molecule has 92 valence electrons. The fraction of sp³-hybridized carbons (Fsp3) is 0.222. The van der Waals surface area contributed by atoms with Crippen molar-refractivity contribution in [2.75, 3.05) is 0 Å². The van der Waals surface area contributed by atoms with Crippen LogP contribution in [0.15, 0.2) is 65.3 Å². The lowest BCUT2D eigenvalue weighted by atomic mass is 9.98. The van der Waals surface area contributed by atoms with Crippen molar-refractivity contribution in [3.05, 3.63) is 76.4 Å². The standard InChI is InChI=1S/C18H20/c1-14(2)18-12-10-17(11-13-18)9-8-16-6-4-15(3)5-7-16/h4-12H,13H2,1-3H3/b9-8+. The van der Waals surface area contributed by atoms with E-state index < -0.39 is 0 Å². The number of rotatable bonds is 2. The first-order valence-electron chi connectivity index (χ1n) is 6.44. The van der Waals surface area contributed by atoms with E-state index in [0.29, 0.717) is 0 Å². The zero-order chi connectivity index (χ0) is 13.0. The maximum atomic E-state index is 2.28. The molecule has 0 unspecified atom stereocenters. The molecule has 18 heavy (non-hydrogen) atoms.